The average molecular weight is 514 g/mol. The molecule has 3 heterocycles. The lowest BCUT2D eigenvalue weighted by Crippen LogP contribution is -2.49. The van der Waals surface area contributed by atoms with Crippen molar-refractivity contribution in [3.05, 3.63) is 12.3 Å². The van der Waals surface area contributed by atoms with Gasteiger partial charge in [-0.15, -0.1) is 6.42 Å². The Hall–Kier alpha value is -2.75. The number of nitrogens with zero attached hydrogens (tertiary/aromatic N) is 1. The van der Waals surface area contributed by atoms with Crippen LogP contribution in [0.5, 0.6) is 0 Å². The van der Waals surface area contributed by atoms with Crippen LogP contribution in [0.15, 0.2) is 12.3 Å². The second-order valence-electron chi connectivity index (χ2n) is 8.45. The number of hydrogen-bond acceptors (Lipinski definition) is 11. The van der Waals surface area contributed by atoms with Crippen molar-refractivity contribution >= 4 is 31.6 Å². The molecule has 192 valence electrons. The maximum atomic E-state index is 13.2. The lowest BCUT2D eigenvalue weighted by Gasteiger charge is -2.37. The van der Waals surface area contributed by atoms with E-state index in [1.165, 1.54) is 17.2 Å². The highest BCUT2D eigenvalue weighted by Gasteiger charge is 2.61. The highest BCUT2D eigenvalue weighted by molar-refractivity contribution is 7.48. The first-order valence-corrected chi connectivity index (χ1v) is 12.2. The smallest absolute Gasteiger partial charge is 0.461 e. The van der Waals surface area contributed by atoms with Crippen molar-refractivity contribution in [1.82, 2.24) is 10.2 Å². The van der Waals surface area contributed by atoms with Crippen LogP contribution in [0.1, 0.15) is 27.2 Å². The summed E-state index contributed by atoms with van der Waals surface area (Å²) >= 11 is 0. The van der Waals surface area contributed by atoms with E-state index in [-0.39, 0.29) is 18.8 Å². The molecule has 3 rings (SSSR count). The van der Waals surface area contributed by atoms with E-state index in [0.717, 1.165) is 7.11 Å². The number of carbonyl (C=O) groups is 4. The van der Waals surface area contributed by atoms with Gasteiger partial charge in [0.2, 0.25) is 5.91 Å². The van der Waals surface area contributed by atoms with Gasteiger partial charge in [0, 0.05) is 6.20 Å². The number of amides is 2. The second kappa shape index (κ2) is 10.5. The summed E-state index contributed by atoms with van der Waals surface area (Å²) < 4.78 is 45.0. The predicted octanol–water partition coefficient (Wildman–Crippen LogP) is 0.882. The number of allylic oxidation sites excluding steroid dienone is 1. The Balaban J connectivity index is 1.75. The average Bonchev–Trinajstić information content (AvgIpc) is 3.08. The van der Waals surface area contributed by atoms with E-state index in [9.17, 15) is 23.7 Å². The fourth-order valence-corrected chi connectivity index (χ4v) is 5.21. The molecule has 0 spiro atoms. The number of methoxy groups -OCH3 is 1. The Morgan fingerprint density at radius 3 is 2.71 bits per heavy atom. The highest BCUT2D eigenvalue weighted by Crippen LogP contribution is 2.59. The molecule has 35 heavy (non-hydrogen) atoms. The first-order valence-electron chi connectivity index (χ1n) is 10.7. The highest BCUT2D eigenvalue weighted by atomic mass is 31.2. The zero-order valence-corrected chi connectivity index (χ0v) is 20.5. The second-order valence-corrected chi connectivity index (χ2v) is 10.1. The maximum absolute atomic E-state index is 13.2. The molecule has 0 saturated carbocycles. The van der Waals surface area contributed by atoms with Crippen LogP contribution in [0.2, 0.25) is 0 Å². The van der Waals surface area contributed by atoms with Gasteiger partial charge in [0.1, 0.15) is 17.6 Å². The molecular formula is C21H27N2O11P. The number of alkyl carbamates (subject to hydrolysis) is 1. The molecule has 0 aromatic carbocycles. The number of esters is 1. The standard InChI is InChI=1S/C21H27N2O11P/c1-6-21(4)17-15(33-19(21)23-8-7-13(24)9-16(23)25)11-31-35(28,34-17)30-10-14(22-20(27)29-5)18(26)32-12(2)3/h1,7-8,12,14-15,17,19H,9-11H2,2-5H3,(H,22,27)/t14-,15+,17+,19+,21+,35+/m0/s1. The molecule has 0 bridgehead atoms. The molecule has 14 heteroatoms. The minimum absolute atomic E-state index is 0.258. The molecule has 2 saturated heterocycles. The van der Waals surface area contributed by atoms with Crippen LogP contribution in [0.25, 0.3) is 0 Å². The van der Waals surface area contributed by atoms with E-state index < -0.39 is 68.4 Å². The molecule has 6 atom stereocenters. The molecule has 2 fully saturated rings. The minimum Gasteiger partial charge on any atom is -0.461 e. The third kappa shape index (κ3) is 5.74. The summed E-state index contributed by atoms with van der Waals surface area (Å²) in [7, 11) is -3.20. The van der Waals surface area contributed by atoms with E-state index in [4.69, 9.17) is 29.5 Å². The predicted molar refractivity (Wildman–Crippen MR) is 116 cm³/mol. The van der Waals surface area contributed by atoms with Crippen molar-refractivity contribution in [3.8, 4) is 12.3 Å². The fraction of sp³-hybridized carbons (Fsp3) is 0.619. The number of fused-ring (bicyclic) bond motifs is 1. The number of rotatable bonds is 7. The van der Waals surface area contributed by atoms with Gasteiger partial charge in [-0.1, -0.05) is 5.92 Å². The summed E-state index contributed by atoms with van der Waals surface area (Å²) in [6.07, 6.45) is 3.68. The number of nitrogens with one attached hydrogen (secondary N) is 1. The van der Waals surface area contributed by atoms with E-state index in [2.05, 4.69) is 16.0 Å². The van der Waals surface area contributed by atoms with Gasteiger partial charge in [0.25, 0.3) is 0 Å². The van der Waals surface area contributed by atoms with Crippen LogP contribution in [0.3, 0.4) is 0 Å². The van der Waals surface area contributed by atoms with Gasteiger partial charge in [-0.05, 0) is 26.8 Å². The van der Waals surface area contributed by atoms with Crippen molar-refractivity contribution < 1.29 is 51.5 Å². The van der Waals surface area contributed by atoms with E-state index in [1.54, 1.807) is 20.8 Å². The Labute approximate surface area is 202 Å². The van der Waals surface area contributed by atoms with Crippen LogP contribution < -0.4 is 5.32 Å². The third-order valence-electron chi connectivity index (χ3n) is 5.50. The van der Waals surface area contributed by atoms with Crippen LogP contribution in [-0.2, 0) is 46.7 Å². The van der Waals surface area contributed by atoms with Gasteiger partial charge in [0.05, 0.1) is 32.8 Å². The van der Waals surface area contributed by atoms with Crippen molar-refractivity contribution in [2.45, 2.75) is 57.8 Å². The molecule has 2 amide bonds. The maximum Gasteiger partial charge on any atom is 0.475 e. The number of hydrogen-bond donors (Lipinski definition) is 1. The summed E-state index contributed by atoms with van der Waals surface area (Å²) in [6.45, 7) is 3.92. The minimum atomic E-state index is -4.30. The van der Waals surface area contributed by atoms with Crippen molar-refractivity contribution in [3.63, 3.8) is 0 Å². The van der Waals surface area contributed by atoms with Gasteiger partial charge >= 0.3 is 19.9 Å². The molecule has 13 nitrogen and oxygen atoms in total. The van der Waals surface area contributed by atoms with Crippen LogP contribution in [0, 0.1) is 17.8 Å². The van der Waals surface area contributed by atoms with Gasteiger partial charge in [-0.3, -0.25) is 28.1 Å². The number of terminal acetylenes is 1. The molecule has 3 aliphatic heterocycles. The molecule has 0 unspecified atom stereocenters. The topological polar surface area (TPSA) is 156 Å². The summed E-state index contributed by atoms with van der Waals surface area (Å²) in [5.74, 6) is 0.835. The number of ketones is 1. The van der Waals surface area contributed by atoms with Crippen LogP contribution in [0.4, 0.5) is 4.79 Å². The van der Waals surface area contributed by atoms with Gasteiger partial charge in [0.15, 0.2) is 18.1 Å². The number of phosphoric ester groups is 1. The molecule has 3 aliphatic rings. The zero-order valence-electron chi connectivity index (χ0n) is 19.6. The number of carbonyl (C=O) groups excluding carboxylic acids is 4. The Kier molecular flexibility index (Phi) is 8.03. The Morgan fingerprint density at radius 1 is 1.40 bits per heavy atom. The first-order chi connectivity index (χ1) is 16.4. The van der Waals surface area contributed by atoms with Crippen molar-refractivity contribution in [1.29, 1.82) is 0 Å². The quantitative estimate of drug-likeness (QED) is 0.223. The molecule has 0 radical (unpaired) electrons. The van der Waals surface area contributed by atoms with Crippen molar-refractivity contribution in [2.24, 2.45) is 5.41 Å². The SMILES string of the molecule is C#C[C@]1(C)[C@@H]2O[P@](=O)(OC[C@H](NC(=O)OC)C(=O)OC(C)C)OC[C@H]2O[C@H]1N1C=CC(=O)CC1=O. The normalized spacial score (nSPS) is 33.1. The van der Waals surface area contributed by atoms with E-state index >= 15 is 0 Å². The lowest BCUT2D eigenvalue weighted by atomic mass is 9.82. The molecule has 1 N–H and O–H groups in total. The summed E-state index contributed by atoms with van der Waals surface area (Å²) in [4.78, 5) is 49.1. The van der Waals surface area contributed by atoms with E-state index in [1.807, 2.05) is 0 Å². The molecular weight excluding hydrogens is 487 g/mol. The van der Waals surface area contributed by atoms with Crippen molar-refractivity contribution in [2.75, 3.05) is 20.3 Å². The summed E-state index contributed by atoms with van der Waals surface area (Å²) in [6, 6.07) is -1.37. The molecule has 0 aliphatic carbocycles. The summed E-state index contributed by atoms with van der Waals surface area (Å²) in [5.41, 5.74) is -1.30. The largest absolute Gasteiger partial charge is 0.475 e. The first kappa shape index (κ1) is 26.8. The monoisotopic (exact) mass is 514 g/mol. The lowest BCUT2D eigenvalue weighted by molar-refractivity contribution is -0.151. The third-order valence-corrected chi connectivity index (χ3v) is 6.91. The Morgan fingerprint density at radius 2 is 2.11 bits per heavy atom. The van der Waals surface area contributed by atoms with Gasteiger partial charge < -0.3 is 19.5 Å². The van der Waals surface area contributed by atoms with Crippen LogP contribution in [-0.4, -0.2) is 79.6 Å². The fourth-order valence-electron chi connectivity index (χ4n) is 3.72. The number of ether oxygens (including phenoxy) is 3. The van der Waals surface area contributed by atoms with E-state index in [0.29, 0.717) is 0 Å². The molecule has 0 aromatic rings. The number of phosphoric acid groups is 1. The molecule has 0 aromatic heterocycles. The van der Waals surface area contributed by atoms with Gasteiger partial charge in [-0.25, -0.2) is 14.2 Å². The summed E-state index contributed by atoms with van der Waals surface area (Å²) in [5, 5.41) is 2.23. The Bertz CT molecular complexity index is 1010. The zero-order chi connectivity index (χ0) is 26.0. The van der Waals surface area contributed by atoms with Crippen LogP contribution >= 0.6 is 7.82 Å². The van der Waals surface area contributed by atoms with Gasteiger partial charge in [-0.2, -0.15) is 0 Å².